The van der Waals surface area contributed by atoms with Gasteiger partial charge in [0.25, 0.3) is 0 Å². The van der Waals surface area contributed by atoms with Gasteiger partial charge in [-0.15, -0.1) is 12.4 Å². The van der Waals surface area contributed by atoms with Crippen LogP contribution in [0.15, 0.2) is 67.0 Å². The number of pyridine rings is 1. The van der Waals surface area contributed by atoms with Crippen molar-refractivity contribution in [1.82, 2.24) is 14.9 Å². The van der Waals surface area contributed by atoms with Crippen molar-refractivity contribution in [1.29, 1.82) is 0 Å². The predicted molar refractivity (Wildman–Crippen MR) is 142 cm³/mol. The maximum Gasteiger partial charge on any atom is 0.161 e. The Hall–Kier alpha value is -3.48. The van der Waals surface area contributed by atoms with Crippen molar-refractivity contribution in [3.63, 3.8) is 0 Å². The first-order valence-electron chi connectivity index (χ1n) is 11.4. The van der Waals surface area contributed by atoms with Crippen LogP contribution in [0, 0.1) is 0 Å². The summed E-state index contributed by atoms with van der Waals surface area (Å²) in [6.45, 7) is 1.41. The zero-order valence-corrected chi connectivity index (χ0v) is 21.0. The molecule has 3 heterocycles. The van der Waals surface area contributed by atoms with Gasteiger partial charge < -0.3 is 24.1 Å². The highest BCUT2D eigenvalue weighted by Crippen LogP contribution is 2.36. The molecule has 0 bridgehead atoms. The molecule has 0 radical (unpaired) electrons. The highest BCUT2D eigenvalue weighted by Gasteiger charge is 2.21. The normalized spacial score (nSPS) is 15.0. The zero-order chi connectivity index (χ0) is 23.5. The third-order valence-corrected chi connectivity index (χ3v) is 6.28. The molecule has 2 aromatic heterocycles. The Morgan fingerprint density at radius 3 is 2.69 bits per heavy atom. The molecule has 0 aliphatic carbocycles. The maximum absolute atomic E-state index is 6.13. The molecule has 0 spiro atoms. The topological polar surface area (TPSA) is 57.5 Å². The van der Waals surface area contributed by atoms with Gasteiger partial charge in [0.15, 0.2) is 11.5 Å². The molecule has 7 heteroatoms. The molecule has 35 heavy (non-hydrogen) atoms. The second-order valence-corrected chi connectivity index (χ2v) is 8.46. The minimum absolute atomic E-state index is 0. The van der Waals surface area contributed by atoms with Gasteiger partial charge in [0.1, 0.15) is 18.0 Å². The number of fused-ring (bicyclic) bond motifs is 2. The van der Waals surface area contributed by atoms with Crippen LogP contribution in [0.1, 0.15) is 28.3 Å². The Kier molecular flexibility index (Phi) is 7.63. The van der Waals surface area contributed by atoms with Crippen molar-refractivity contribution in [3.8, 4) is 17.2 Å². The molecule has 0 amide bonds. The van der Waals surface area contributed by atoms with Gasteiger partial charge in [-0.2, -0.15) is 0 Å². The zero-order valence-electron chi connectivity index (χ0n) is 20.2. The summed E-state index contributed by atoms with van der Waals surface area (Å²) in [7, 11) is 5.36. The molecule has 4 aromatic rings. The Morgan fingerprint density at radius 2 is 1.91 bits per heavy atom. The lowest BCUT2D eigenvalue weighted by molar-refractivity contribution is 0.283. The lowest BCUT2D eigenvalue weighted by Gasteiger charge is -2.26. The smallest absolute Gasteiger partial charge is 0.161 e. The summed E-state index contributed by atoms with van der Waals surface area (Å²) < 4.78 is 19.2. The van der Waals surface area contributed by atoms with Gasteiger partial charge in [0.2, 0.25) is 0 Å². The summed E-state index contributed by atoms with van der Waals surface area (Å²) in [5.41, 5.74) is 5.65. The van der Waals surface area contributed by atoms with Crippen LogP contribution in [-0.4, -0.2) is 30.3 Å². The molecule has 182 valence electrons. The quantitative estimate of drug-likeness (QED) is 0.370. The Balaban J connectivity index is 0.00000289. The predicted octanol–water partition coefficient (Wildman–Crippen LogP) is 5.49. The number of ether oxygens (including phenoxy) is 3. The van der Waals surface area contributed by atoms with E-state index in [0.717, 1.165) is 52.4 Å². The fourth-order valence-electron chi connectivity index (χ4n) is 4.49. The molecule has 1 unspecified atom stereocenters. The molecule has 0 fully saturated rings. The number of rotatable bonds is 7. The van der Waals surface area contributed by atoms with Crippen LogP contribution < -0.4 is 19.5 Å². The number of nitrogens with one attached hydrogen (secondary N) is 1. The average molecular weight is 492 g/mol. The van der Waals surface area contributed by atoms with Crippen LogP contribution in [0.5, 0.6) is 17.2 Å². The van der Waals surface area contributed by atoms with E-state index < -0.39 is 0 Å². The number of hydrogen-bond donors (Lipinski definition) is 1. The second kappa shape index (κ2) is 10.8. The Bertz CT molecular complexity index is 1330. The fourth-order valence-corrected chi connectivity index (χ4v) is 4.49. The molecule has 5 rings (SSSR count). The molecule has 6 nitrogen and oxygen atoms in total. The van der Waals surface area contributed by atoms with Crippen LogP contribution in [0.4, 0.5) is 0 Å². The van der Waals surface area contributed by atoms with E-state index in [4.69, 9.17) is 14.2 Å². The minimum Gasteiger partial charge on any atom is -0.495 e. The second-order valence-electron chi connectivity index (χ2n) is 8.46. The molecule has 2 aromatic carbocycles. The maximum atomic E-state index is 6.13. The third kappa shape index (κ3) is 5.14. The number of methoxy groups -OCH3 is 2. The summed E-state index contributed by atoms with van der Waals surface area (Å²) in [5.74, 6) is 2.28. The summed E-state index contributed by atoms with van der Waals surface area (Å²) in [6.07, 6.45) is 9.15. The highest BCUT2D eigenvalue weighted by molar-refractivity contribution is 5.88. The number of aryl methyl sites for hydroxylation is 1. The van der Waals surface area contributed by atoms with Gasteiger partial charge in [-0.25, -0.2) is 4.98 Å². The van der Waals surface area contributed by atoms with Crippen molar-refractivity contribution < 1.29 is 14.2 Å². The number of aromatic nitrogens is 2. The minimum atomic E-state index is 0. The summed E-state index contributed by atoms with van der Waals surface area (Å²) in [4.78, 5) is 4.53. The first-order valence-corrected chi connectivity index (χ1v) is 11.4. The SMILES string of the molecule is COc1cnc2c(c1)c(/C=C/C1NCCc3cc(OCc4ccccc4)c(OC)cc31)cn2C.Cl. The van der Waals surface area contributed by atoms with E-state index in [2.05, 4.69) is 52.9 Å². The van der Waals surface area contributed by atoms with Crippen molar-refractivity contribution in [2.45, 2.75) is 19.1 Å². The van der Waals surface area contributed by atoms with E-state index in [1.807, 2.05) is 35.9 Å². The van der Waals surface area contributed by atoms with Gasteiger partial charge in [-0.3, -0.25) is 0 Å². The number of benzene rings is 2. The standard InChI is InChI=1S/C28H29N3O3.ClH/c1-31-17-21(24-14-22(32-2)16-30-28(24)31)9-10-25-23-15-26(33-3)27(13-20(23)11-12-29-25)34-18-19-7-5-4-6-8-19;/h4-10,13-17,25,29H,11-12,18H2,1-3H3;1H/b10-9+;. The molecule has 0 saturated carbocycles. The van der Waals surface area contributed by atoms with E-state index in [1.54, 1.807) is 20.4 Å². The summed E-state index contributed by atoms with van der Waals surface area (Å²) in [5, 5.41) is 4.69. The van der Waals surface area contributed by atoms with E-state index in [0.29, 0.717) is 6.61 Å². The van der Waals surface area contributed by atoms with Crippen LogP contribution >= 0.6 is 12.4 Å². The summed E-state index contributed by atoms with van der Waals surface area (Å²) >= 11 is 0. The van der Waals surface area contributed by atoms with E-state index in [1.165, 1.54) is 11.1 Å². The Morgan fingerprint density at radius 1 is 1.09 bits per heavy atom. The largest absolute Gasteiger partial charge is 0.495 e. The van der Waals surface area contributed by atoms with Crippen LogP contribution in [0.2, 0.25) is 0 Å². The molecule has 1 aliphatic heterocycles. The molecule has 1 atom stereocenters. The van der Waals surface area contributed by atoms with Gasteiger partial charge in [0.05, 0.1) is 26.5 Å². The Labute approximate surface area is 211 Å². The van der Waals surface area contributed by atoms with Crippen molar-refractivity contribution in [3.05, 3.63) is 89.3 Å². The van der Waals surface area contributed by atoms with Crippen molar-refractivity contribution in [2.24, 2.45) is 7.05 Å². The van der Waals surface area contributed by atoms with Crippen molar-refractivity contribution in [2.75, 3.05) is 20.8 Å². The lowest BCUT2D eigenvalue weighted by Crippen LogP contribution is -2.28. The van der Waals surface area contributed by atoms with Gasteiger partial charge >= 0.3 is 0 Å². The first-order chi connectivity index (χ1) is 16.7. The lowest BCUT2D eigenvalue weighted by atomic mass is 9.93. The fraction of sp³-hybridized carbons (Fsp3) is 0.250. The van der Waals surface area contributed by atoms with Crippen LogP contribution in [0.3, 0.4) is 0 Å². The molecule has 0 saturated heterocycles. The van der Waals surface area contributed by atoms with Crippen molar-refractivity contribution >= 4 is 29.5 Å². The van der Waals surface area contributed by atoms with Gasteiger partial charge in [0, 0.05) is 30.7 Å². The van der Waals surface area contributed by atoms with Crippen LogP contribution in [0.25, 0.3) is 17.1 Å². The average Bonchev–Trinajstić information content (AvgIpc) is 3.20. The first kappa shape index (κ1) is 24.6. The third-order valence-electron chi connectivity index (χ3n) is 6.28. The molecular formula is C28H30ClN3O3. The highest BCUT2D eigenvalue weighted by atomic mass is 35.5. The number of nitrogens with zero attached hydrogens (tertiary/aromatic N) is 2. The number of halogens is 1. The summed E-state index contributed by atoms with van der Waals surface area (Å²) in [6, 6.07) is 16.5. The molecule has 1 aliphatic rings. The van der Waals surface area contributed by atoms with Gasteiger partial charge in [-0.05, 0) is 41.3 Å². The molecular weight excluding hydrogens is 462 g/mol. The van der Waals surface area contributed by atoms with Gasteiger partial charge in [-0.1, -0.05) is 42.5 Å². The monoisotopic (exact) mass is 491 g/mol. The van der Waals surface area contributed by atoms with Crippen LogP contribution in [-0.2, 0) is 20.1 Å². The molecule has 1 N–H and O–H groups in total. The van der Waals surface area contributed by atoms with E-state index >= 15 is 0 Å². The van der Waals surface area contributed by atoms with E-state index in [-0.39, 0.29) is 18.4 Å². The number of hydrogen-bond acceptors (Lipinski definition) is 5. The van der Waals surface area contributed by atoms with E-state index in [9.17, 15) is 0 Å².